The van der Waals surface area contributed by atoms with Gasteiger partial charge in [-0.05, 0) is 55.8 Å². The fourth-order valence-electron chi connectivity index (χ4n) is 2.99. The highest BCUT2D eigenvalue weighted by molar-refractivity contribution is 6.04. The van der Waals surface area contributed by atoms with E-state index in [-0.39, 0.29) is 11.3 Å². The Morgan fingerprint density at radius 3 is 2.71 bits per heavy atom. The number of likely N-dealkylation sites (tertiary alicyclic amines) is 1. The maximum absolute atomic E-state index is 14.2. The average molecular weight is 328 g/mol. The summed E-state index contributed by atoms with van der Waals surface area (Å²) in [4.78, 5) is 14.7. The topological polar surface area (TPSA) is 41.6 Å². The van der Waals surface area contributed by atoms with Gasteiger partial charge >= 0.3 is 0 Å². The van der Waals surface area contributed by atoms with Gasteiger partial charge in [-0.25, -0.2) is 4.39 Å². The first-order chi connectivity index (χ1) is 11.7. The Kier molecular flexibility index (Phi) is 5.11. The van der Waals surface area contributed by atoms with Gasteiger partial charge in [0.1, 0.15) is 0 Å². The van der Waals surface area contributed by atoms with Crippen LogP contribution < -0.4 is 10.1 Å². The maximum Gasteiger partial charge on any atom is 0.258 e. The number of anilines is 1. The molecule has 0 bridgehead atoms. The highest BCUT2D eigenvalue weighted by atomic mass is 19.1. The molecule has 1 aliphatic rings. The largest absolute Gasteiger partial charge is 0.494 e. The molecular weight excluding hydrogens is 307 g/mol. The summed E-state index contributed by atoms with van der Waals surface area (Å²) >= 11 is 0. The van der Waals surface area contributed by atoms with Crippen molar-refractivity contribution in [3.8, 4) is 5.75 Å². The first-order valence-electron chi connectivity index (χ1n) is 8.12. The van der Waals surface area contributed by atoms with Gasteiger partial charge in [0.15, 0.2) is 11.6 Å². The Balaban J connectivity index is 1.72. The molecule has 0 saturated carbocycles. The molecule has 5 heteroatoms. The zero-order valence-electron chi connectivity index (χ0n) is 13.7. The van der Waals surface area contributed by atoms with Crippen LogP contribution in [0.5, 0.6) is 5.75 Å². The van der Waals surface area contributed by atoms with Gasteiger partial charge in [-0.1, -0.05) is 18.2 Å². The minimum absolute atomic E-state index is 0.0284. The highest BCUT2D eigenvalue weighted by Crippen LogP contribution is 2.22. The summed E-state index contributed by atoms with van der Waals surface area (Å²) in [6, 6.07) is 12.2. The van der Waals surface area contributed by atoms with Crippen molar-refractivity contribution in [2.75, 3.05) is 25.5 Å². The molecule has 1 N–H and O–H groups in total. The predicted octanol–water partition coefficient (Wildman–Crippen LogP) is 3.68. The van der Waals surface area contributed by atoms with E-state index in [2.05, 4.69) is 10.2 Å². The van der Waals surface area contributed by atoms with E-state index in [4.69, 9.17) is 4.74 Å². The second kappa shape index (κ2) is 7.45. The van der Waals surface area contributed by atoms with Crippen LogP contribution in [0.15, 0.2) is 42.5 Å². The van der Waals surface area contributed by atoms with Crippen LogP contribution in [-0.2, 0) is 6.54 Å². The van der Waals surface area contributed by atoms with Crippen molar-refractivity contribution in [1.82, 2.24) is 4.90 Å². The molecule has 2 aromatic carbocycles. The summed E-state index contributed by atoms with van der Waals surface area (Å²) in [5.41, 5.74) is 1.78. The van der Waals surface area contributed by atoms with Crippen LogP contribution in [-0.4, -0.2) is 31.0 Å². The molecule has 0 spiro atoms. The number of hydrogen-bond donors (Lipinski definition) is 1. The van der Waals surface area contributed by atoms with Crippen LogP contribution in [0.1, 0.15) is 28.8 Å². The number of methoxy groups -OCH3 is 1. The van der Waals surface area contributed by atoms with E-state index in [1.165, 1.54) is 32.1 Å². The van der Waals surface area contributed by atoms with Crippen LogP contribution in [0.25, 0.3) is 0 Å². The summed E-state index contributed by atoms with van der Waals surface area (Å²) in [6.45, 7) is 3.11. The molecule has 0 atom stereocenters. The average Bonchev–Trinajstić information content (AvgIpc) is 3.08. The van der Waals surface area contributed by atoms with Gasteiger partial charge in [0.25, 0.3) is 5.91 Å². The van der Waals surface area contributed by atoms with Crippen LogP contribution in [0.4, 0.5) is 10.1 Å². The van der Waals surface area contributed by atoms with Gasteiger partial charge in [0.2, 0.25) is 0 Å². The minimum atomic E-state index is -0.647. The van der Waals surface area contributed by atoms with Crippen molar-refractivity contribution in [3.05, 3.63) is 59.4 Å². The summed E-state index contributed by atoms with van der Waals surface area (Å²) in [7, 11) is 1.38. The monoisotopic (exact) mass is 328 g/mol. The molecule has 0 aliphatic carbocycles. The molecule has 1 aliphatic heterocycles. The van der Waals surface area contributed by atoms with E-state index in [1.54, 1.807) is 6.07 Å². The maximum atomic E-state index is 14.2. The van der Waals surface area contributed by atoms with Gasteiger partial charge in [-0.15, -0.1) is 0 Å². The second-order valence-electron chi connectivity index (χ2n) is 5.96. The van der Waals surface area contributed by atoms with Crippen molar-refractivity contribution >= 4 is 11.6 Å². The first kappa shape index (κ1) is 16.5. The molecule has 24 heavy (non-hydrogen) atoms. The predicted molar refractivity (Wildman–Crippen MR) is 91.9 cm³/mol. The Labute approximate surface area is 141 Å². The number of nitrogens with one attached hydrogen (secondary N) is 1. The number of ether oxygens (including phenoxy) is 1. The number of carbonyl (C=O) groups is 1. The highest BCUT2D eigenvalue weighted by Gasteiger charge is 2.16. The van der Waals surface area contributed by atoms with Crippen molar-refractivity contribution in [3.63, 3.8) is 0 Å². The van der Waals surface area contributed by atoms with Gasteiger partial charge in [-0.3, -0.25) is 9.69 Å². The normalized spacial score (nSPS) is 14.6. The van der Waals surface area contributed by atoms with Crippen molar-refractivity contribution in [2.45, 2.75) is 19.4 Å². The number of carbonyl (C=O) groups excluding carboxylic acids is 1. The van der Waals surface area contributed by atoms with E-state index < -0.39 is 11.7 Å². The number of benzene rings is 2. The molecule has 1 fully saturated rings. The molecule has 1 amide bonds. The van der Waals surface area contributed by atoms with Gasteiger partial charge in [-0.2, -0.15) is 0 Å². The smallest absolute Gasteiger partial charge is 0.258 e. The standard InChI is InChI=1S/C19H21FN2O2/c1-24-17-9-5-8-16(18(17)20)19(23)21-15-7-4-6-14(12-15)13-22-10-2-3-11-22/h4-9,12H,2-3,10-11,13H2,1H3,(H,21,23). The molecule has 126 valence electrons. The lowest BCUT2D eigenvalue weighted by molar-refractivity contribution is 0.102. The lowest BCUT2D eigenvalue weighted by Gasteiger charge is -2.15. The quantitative estimate of drug-likeness (QED) is 0.910. The van der Waals surface area contributed by atoms with E-state index in [0.29, 0.717) is 5.69 Å². The van der Waals surface area contributed by atoms with Crippen LogP contribution in [0.2, 0.25) is 0 Å². The Bertz CT molecular complexity index is 727. The number of rotatable bonds is 5. The Morgan fingerprint density at radius 1 is 1.21 bits per heavy atom. The third kappa shape index (κ3) is 3.74. The number of nitrogens with zero attached hydrogens (tertiary/aromatic N) is 1. The van der Waals surface area contributed by atoms with E-state index in [1.807, 2.05) is 24.3 Å². The Hall–Kier alpha value is -2.40. The van der Waals surface area contributed by atoms with Crippen LogP contribution in [0, 0.1) is 5.82 Å². The third-order valence-electron chi connectivity index (χ3n) is 4.22. The van der Waals surface area contributed by atoms with E-state index >= 15 is 0 Å². The zero-order chi connectivity index (χ0) is 16.9. The number of hydrogen-bond acceptors (Lipinski definition) is 3. The first-order valence-corrected chi connectivity index (χ1v) is 8.12. The lowest BCUT2D eigenvalue weighted by Crippen LogP contribution is -2.18. The number of halogens is 1. The van der Waals surface area contributed by atoms with E-state index in [9.17, 15) is 9.18 Å². The van der Waals surface area contributed by atoms with Gasteiger partial charge in [0, 0.05) is 12.2 Å². The molecular formula is C19H21FN2O2. The molecule has 0 radical (unpaired) electrons. The fraction of sp³-hybridized carbons (Fsp3) is 0.316. The summed E-state index contributed by atoms with van der Waals surface area (Å²) < 4.78 is 19.1. The molecule has 2 aromatic rings. The Morgan fingerprint density at radius 2 is 1.96 bits per heavy atom. The fourth-order valence-corrected chi connectivity index (χ4v) is 2.99. The van der Waals surface area contributed by atoms with Gasteiger partial charge < -0.3 is 10.1 Å². The van der Waals surface area contributed by atoms with Crippen LogP contribution >= 0.6 is 0 Å². The zero-order valence-corrected chi connectivity index (χ0v) is 13.7. The van der Waals surface area contributed by atoms with E-state index in [0.717, 1.165) is 25.2 Å². The summed E-state index contributed by atoms with van der Waals surface area (Å²) in [6.07, 6.45) is 2.48. The van der Waals surface area contributed by atoms with Crippen molar-refractivity contribution in [2.24, 2.45) is 0 Å². The lowest BCUT2D eigenvalue weighted by atomic mass is 10.1. The summed E-state index contributed by atoms with van der Waals surface area (Å²) in [5.74, 6) is -1.07. The SMILES string of the molecule is COc1cccc(C(=O)Nc2cccc(CN3CCCC3)c2)c1F. The number of amides is 1. The summed E-state index contributed by atoms with van der Waals surface area (Å²) in [5, 5.41) is 2.76. The molecule has 1 saturated heterocycles. The molecule has 0 aromatic heterocycles. The third-order valence-corrected chi connectivity index (χ3v) is 4.22. The molecule has 3 rings (SSSR count). The second-order valence-corrected chi connectivity index (χ2v) is 5.96. The minimum Gasteiger partial charge on any atom is -0.494 e. The van der Waals surface area contributed by atoms with Gasteiger partial charge in [0.05, 0.1) is 12.7 Å². The van der Waals surface area contributed by atoms with Crippen molar-refractivity contribution in [1.29, 1.82) is 0 Å². The molecule has 0 unspecified atom stereocenters. The van der Waals surface area contributed by atoms with Crippen molar-refractivity contribution < 1.29 is 13.9 Å². The van der Waals surface area contributed by atoms with Crippen LogP contribution in [0.3, 0.4) is 0 Å². The molecule has 1 heterocycles. The molecule has 4 nitrogen and oxygen atoms in total.